The second-order valence-corrected chi connectivity index (χ2v) is 4.75. The Balaban J connectivity index is 2.92. The fraction of sp³-hybridized carbons (Fsp3) is 0.455. The number of nitro groups is 1. The maximum atomic E-state index is 10.8. The lowest BCUT2D eigenvalue weighted by molar-refractivity contribution is -0.385. The van der Waals surface area contributed by atoms with Crippen LogP contribution in [0, 0.1) is 10.1 Å². The van der Waals surface area contributed by atoms with Gasteiger partial charge in [-0.25, -0.2) is 0 Å². The van der Waals surface area contributed by atoms with Crippen LogP contribution in [0.5, 0.6) is 0 Å². The van der Waals surface area contributed by atoms with Crippen LogP contribution in [0.15, 0.2) is 22.7 Å². The summed E-state index contributed by atoms with van der Waals surface area (Å²) in [7, 11) is 1.87. The third kappa shape index (κ3) is 3.49. The number of rotatable bonds is 5. The number of benzene rings is 1. The first-order valence-corrected chi connectivity index (χ1v) is 5.99. The first-order valence-electron chi connectivity index (χ1n) is 5.20. The second-order valence-electron chi connectivity index (χ2n) is 3.95. The smallest absolute Gasteiger partial charge is 0.283 e. The highest BCUT2D eigenvalue weighted by molar-refractivity contribution is 9.10. The predicted octanol–water partition coefficient (Wildman–Crippen LogP) is 2.17. The first-order chi connectivity index (χ1) is 7.97. The lowest BCUT2D eigenvalue weighted by Gasteiger charge is -2.23. The van der Waals surface area contributed by atoms with Gasteiger partial charge in [0.25, 0.3) is 5.69 Å². The zero-order chi connectivity index (χ0) is 13.0. The van der Waals surface area contributed by atoms with Crippen LogP contribution in [-0.2, 0) is 6.54 Å². The third-order valence-corrected chi connectivity index (χ3v) is 3.61. The molecule has 0 bridgehead atoms. The summed E-state index contributed by atoms with van der Waals surface area (Å²) in [5, 5.41) is 19.8. The largest absolute Gasteiger partial charge is 0.395 e. The Labute approximate surface area is 108 Å². The van der Waals surface area contributed by atoms with E-state index in [4.69, 9.17) is 5.11 Å². The molecule has 0 aliphatic carbocycles. The minimum absolute atomic E-state index is 0.0150. The molecule has 1 rings (SSSR count). The molecule has 0 amide bonds. The lowest BCUT2D eigenvalue weighted by atomic mass is 10.1. The molecule has 1 aromatic carbocycles. The highest BCUT2D eigenvalue weighted by Crippen LogP contribution is 2.29. The van der Waals surface area contributed by atoms with Crippen LogP contribution in [0.25, 0.3) is 0 Å². The molecule has 0 spiro atoms. The molecule has 94 valence electrons. The average Bonchev–Trinajstić information content (AvgIpc) is 2.30. The number of hydrogen-bond donors (Lipinski definition) is 1. The molecule has 0 heterocycles. The van der Waals surface area contributed by atoms with E-state index in [1.54, 1.807) is 6.07 Å². The van der Waals surface area contributed by atoms with Gasteiger partial charge in [0.05, 0.1) is 16.0 Å². The first kappa shape index (κ1) is 14.1. The van der Waals surface area contributed by atoms with Crippen LogP contribution in [0.2, 0.25) is 0 Å². The van der Waals surface area contributed by atoms with E-state index in [1.807, 2.05) is 24.9 Å². The van der Waals surface area contributed by atoms with Gasteiger partial charge in [0.15, 0.2) is 0 Å². The Morgan fingerprint density at radius 3 is 2.76 bits per heavy atom. The van der Waals surface area contributed by atoms with Crippen molar-refractivity contribution in [3.05, 3.63) is 38.3 Å². The maximum absolute atomic E-state index is 10.8. The van der Waals surface area contributed by atoms with Crippen molar-refractivity contribution >= 4 is 21.6 Å². The molecule has 0 fully saturated rings. The minimum atomic E-state index is -0.414. The molecule has 1 aromatic rings. The lowest BCUT2D eigenvalue weighted by Crippen LogP contribution is -2.31. The van der Waals surface area contributed by atoms with Crippen molar-refractivity contribution in [3.8, 4) is 0 Å². The SMILES string of the molecule is CC(CO)N(C)Cc1cccc([N+](=O)[O-])c1Br. The number of aliphatic hydroxyl groups excluding tert-OH is 1. The number of nitro benzene ring substituents is 1. The standard InChI is InChI=1S/C11H15BrN2O3/c1-8(7-15)13(2)6-9-4-3-5-10(11(9)12)14(16)17/h3-5,8,15H,6-7H2,1-2H3. The molecule has 1 atom stereocenters. The maximum Gasteiger partial charge on any atom is 0.283 e. The van der Waals surface area contributed by atoms with E-state index in [1.165, 1.54) is 6.07 Å². The monoisotopic (exact) mass is 302 g/mol. The van der Waals surface area contributed by atoms with E-state index in [-0.39, 0.29) is 18.3 Å². The van der Waals surface area contributed by atoms with E-state index >= 15 is 0 Å². The molecule has 0 aromatic heterocycles. The van der Waals surface area contributed by atoms with Gasteiger partial charge in [0.2, 0.25) is 0 Å². The van der Waals surface area contributed by atoms with Crippen molar-refractivity contribution < 1.29 is 10.0 Å². The molecule has 0 aliphatic rings. The van der Waals surface area contributed by atoms with Gasteiger partial charge in [0.1, 0.15) is 0 Å². The molecule has 1 unspecified atom stereocenters. The van der Waals surface area contributed by atoms with Crippen LogP contribution >= 0.6 is 15.9 Å². The molecule has 0 aliphatic heterocycles. The van der Waals surface area contributed by atoms with Crippen LogP contribution in [0.4, 0.5) is 5.69 Å². The fourth-order valence-electron chi connectivity index (χ4n) is 1.39. The zero-order valence-corrected chi connectivity index (χ0v) is 11.3. The second kappa shape index (κ2) is 6.09. The van der Waals surface area contributed by atoms with E-state index in [0.29, 0.717) is 11.0 Å². The van der Waals surface area contributed by atoms with Gasteiger partial charge < -0.3 is 5.11 Å². The molecule has 5 nitrogen and oxygen atoms in total. The van der Waals surface area contributed by atoms with Crippen LogP contribution in [-0.4, -0.2) is 34.6 Å². The van der Waals surface area contributed by atoms with Crippen LogP contribution < -0.4 is 0 Å². The van der Waals surface area contributed by atoms with Crippen molar-refractivity contribution in [1.29, 1.82) is 0 Å². The summed E-state index contributed by atoms with van der Waals surface area (Å²) >= 11 is 3.25. The van der Waals surface area contributed by atoms with Gasteiger partial charge in [-0.05, 0) is 35.5 Å². The Morgan fingerprint density at radius 1 is 1.59 bits per heavy atom. The average molecular weight is 303 g/mol. The number of nitrogens with zero attached hydrogens (tertiary/aromatic N) is 2. The van der Waals surface area contributed by atoms with E-state index in [9.17, 15) is 10.1 Å². The summed E-state index contributed by atoms with van der Waals surface area (Å²) in [5.41, 5.74) is 0.898. The predicted molar refractivity (Wildman–Crippen MR) is 68.8 cm³/mol. The molecule has 0 saturated heterocycles. The molecule has 17 heavy (non-hydrogen) atoms. The van der Waals surface area contributed by atoms with Gasteiger partial charge >= 0.3 is 0 Å². The van der Waals surface area contributed by atoms with E-state index < -0.39 is 4.92 Å². The number of likely N-dealkylation sites (N-methyl/N-ethyl adjacent to an activating group) is 1. The summed E-state index contributed by atoms with van der Waals surface area (Å²) < 4.78 is 0.502. The molecule has 1 N–H and O–H groups in total. The van der Waals surface area contributed by atoms with Gasteiger partial charge in [-0.2, -0.15) is 0 Å². The Morgan fingerprint density at radius 2 is 2.24 bits per heavy atom. The molecular formula is C11H15BrN2O3. The Hall–Kier alpha value is -0.980. The summed E-state index contributed by atoms with van der Waals surface area (Å²) in [6, 6.07) is 4.97. The van der Waals surface area contributed by atoms with Gasteiger partial charge in [-0.1, -0.05) is 12.1 Å². The van der Waals surface area contributed by atoms with Crippen LogP contribution in [0.1, 0.15) is 12.5 Å². The Kier molecular flexibility index (Phi) is 5.04. The van der Waals surface area contributed by atoms with E-state index in [2.05, 4.69) is 15.9 Å². The zero-order valence-electron chi connectivity index (χ0n) is 9.76. The van der Waals surface area contributed by atoms with Gasteiger partial charge in [-0.15, -0.1) is 0 Å². The molecule has 0 radical (unpaired) electrons. The van der Waals surface area contributed by atoms with Gasteiger partial charge in [0, 0.05) is 18.7 Å². The van der Waals surface area contributed by atoms with Crippen molar-refractivity contribution in [2.75, 3.05) is 13.7 Å². The minimum Gasteiger partial charge on any atom is -0.395 e. The number of hydrogen-bond acceptors (Lipinski definition) is 4. The summed E-state index contributed by atoms with van der Waals surface area (Å²) in [4.78, 5) is 12.3. The van der Waals surface area contributed by atoms with E-state index in [0.717, 1.165) is 5.56 Å². The molecule has 6 heteroatoms. The normalized spacial score (nSPS) is 12.8. The van der Waals surface area contributed by atoms with Gasteiger partial charge in [-0.3, -0.25) is 15.0 Å². The quantitative estimate of drug-likeness (QED) is 0.669. The Bertz CT molecular complexity index is 412. The third-order valence-electron chi connectivity index (χ3n) is 2.69. The van der Waals surface area contributed by atoms with Crippen molar-refractivity contribution in [3.63, 3.8) is 0 Å². The van der Waals surface area contributed by atoms with Crippen LogP contribution in [0.3, 0.4) is 0 Å². The van der Waals surface area contributed by atoms with Crippen molar-refractivity contribution in [2.45, 2.75) is 19.5 Å². The summed E-state index contributed by atoms with van der Waals surface area (Å²) in [5.74, 6) is 0. The summed E-state index contributed by atoms with van der Waals surface area (Å²) in [6.07, 6.45) is 0. The molecule has 0 saturated carbocycles. The fourth-order valence-corrected chi connectivity index (χ4v) is 1.93. The summed E-state index contributed by atoms with van der Waals surface area (Å²) in [6.45, 7) is 2.50. The highest BCUT2D eigenvalue weighted by Gasteiger charge is 2.17. The molecular weight excluding hydrogens is 288 g/mol. The van der Waals surface area contributed by atoms with Crippen molar-refractivity contribution in [1.82, 2.24) is 4.90 Å². The highest BCUT2D eigenvalue weighted by atomic mass is 79.9. The van der Waals surface area contributed by atoms with Crippen molar-refractivity contribution in [2.24, 2.45) is 0 Å². The number of aliphatic hydroxyl groups is 1. The number of halogens is 1. The topological polar surface area (TPSA) is 66.6 Å².